The van der Waals surface area contributed by atoms with Gasteiger partial charge in [0.1, 0.15) is 11.8 Å². The van der Waals surface area contributed by atoms with E-state index in [0.29, 0.717) is 36.0 Å². The number of benzene rings is 2. The van der Waals surface area contributed by atoms with Gasteiger partial charge in [-0.25, -0.2) is 4.90 Å². The Labute approximate surface area is 175 Å². The van der Waals surface area contributed by atoms with Gasteiger partial charge in [-0.05, 0) is 55.3 Å². The molecule has 0 radical (unpaired) electrons. The second-order valence-corrected chi connectivity index (χ2v) is 7.24. The van der Waals surface area contributed by atoms with Crippen LogP contribution in [-0.4, -0.2) is 41.8 Å². The predicted molar refractivity (Wildman–Crippen MR) is 111 cm³/mol. The first-order valence-corrected chi connectivity index (χ1v) is 9.89. The Balaban J connectivity index is 1.75. The van der Waals surface area contributed by atoms with Crippen molar-refractivity contribution >= 4 is 35.0 Å². The molecule has 0 N–H and O–H groups in total. The first-order chi connectivity index (χ1) is 13.9. The molecule has 0 aromatic heterocycles. The average Bonchev–Trinajstić information content (AvgIpc) is 2.97. The number of anilines is 1. The molecule has 1 aliphatic rings. The van der Waals surface area contributed by atoms with Gasteiger partial charge in [-0.15, -0.1) is 0 Å². The van der Waals surface area contributed by atoms with Gasteiger partial charge in [-0.1, -0.05) is 23.7 Å². The first-order valence-electron chi connectivity index (χ1n) is 9.52. The molecule has 1 atom stereocenters. The number of hydrogen-bond donors (Lipinski definition) is 0. The van der Waals surface area contributed by atoms with Crippen LogP contribution in [0.1, 0.15) is 25.8 Å². The van der Waals surface area contributed by atoms with E-state index in [-0.39, 0.29) is 24.1 Å². The zero-order valence-corrected chi connectivity index (χ0v) is 17.2. The highest BCUT2D eigenvalue weighted by molar-refractivity contribution is 6.30. The quantitative estimate of drug-likeness (QED) is 0.651. The molecule has 1 aliphatic heterocycles. The van der Waals surface area contributed by atoms with Crippen LogP contribution in [0, 0.1) is 0 Å². The summed E-state index contributed by atoms with van der Waals surface area (Å²) in [5.74, 6) is -0.288. The van der Waals surface area contributed by atoms with Crippen molar-refractivity contribution in [1.82, 2.24) is 4.90 Å². The maximum atomic E-state index is 13.0. The summed E-state index contributed by atoms with van der Waals surface area (Å²) in [5.41, 5.74) is 1.44. The zero-order chi connectivity index (χ0) is 21.0. The Bertz CT molecular complexity index is 913. The van der Waals surface area contributed by atoms with Gasteiger partial charge >= 0.3 is 0 Å². The lowest BCUT2D eigenvalue weighted by Crippen LogP contribution is -2.45. The van der Waals surface area contributed by atoms with Crippen molar-refractivity contribution < 1.29 is 19.1 Å². The van der Waals surface area contributed by atoms with Gasteiger partial charge in [0.05, 0.1) is 18.7 Å². The molecule has 1 unspecified atom stereocenters. The van der Waals surface area contributed by atoms with Crippen molar-refractivity contribution in [1.29, 1.82) is 0 Å². The largest absolute Gasteiger partial charge is 0.494 e. The van der Waals surface area contributed by atoms with Crippen LogP contribution in [0.5, 0.6) is 5.75 Å². The summed E-state index contributed by atoms with van der Waals surface area (Å²) >= 11 is 6.01. The summed E-state index contributed by atoms with van der Waals surface area (Å²) in [4.78, 5) is 40.4. The Morgan fingerprint density at radius 3 is 2.55 bits per heavy atom. The predicted octanol–water partition coefficient (Wildman–Crippen LogP) is 3.46. The molecule has 0 bridgehead atoms. The van der Waals surface area contributed by atoms with E-state index in [1.165, 1.54) is 11.8 Å². The smallest absolute Gasteiger partial charge is 0.257 e. The van der Waals surface area contributed by atoms with Gasteiger partial charge in [-0.2, -0.15) is 0 Å². The summed E-state index contributed by atoms with van der Waals surface area (Å²) in [6.45, 7) is 4.15. The zero-order valence-electron chi connectivity index (χ0n) is 16.4. The van der Waals surface area contributed by atoms with Crippen LogP contribution in [0.25, 0.3) is 0 Å². The molecule has 0 spiro atoms. The fourth-order valence-corrected chi connectivity index (χ4v) is 3.68. The Morgan fingerprint density at radius 1 is 1.21 bits per heavy atom. The summed E-state index contributed by atoms with van der Waals surface area (Å²) in [6, 6.07) is 13.3. The minimum absolute atomic E-state index is 0.0266. The van der Waals surface area contributed by atoms with Crippen molar-refractivity contribution in [2.24, 2.45) is 0 Å². The Morgan fingerprint density at radius 2 is 1.93 bits per heavy atom. The Hall–Kier alpha value is -2.86. The summed E-state index contributed by atoms with van der Waals surface area (Å²) < 4.78 is 5.40. The molecule has 2 aromatic carbocycles. The van der Waals surface area contributed by atoms with Gasteiger partial charge in [0, 0.05) is 18.5 Å². The highest BCUT2D eigenvalue weighted by Crippen LogP contribution is 2.28. The molecule has 7 heteroatoms. The lowest BCUT2D eigenvalue weighted by Gasteiger charge is -2.26. The van der Waals surface area contributed by atoms with E-state index in [0.717, 1.165) is 10.5 Å². The van der Waals surface area contributed by atoms with Gasteiger partial charge in [0.25, 0.3) is 5.91 Å². The van der Waals surface area contributed by atoms with E-state index < -0.39 is 6.04 Å². The molecule has 1 fully saturated rings. The molecule has 1 saturated heterocycles. The van der Waals surface area contributed by atoms with Crippen molar-refractivity contribution in [2.75, 3.05) is 18.1 Å². The van der Waals surface area contributed by atoms with Crippen LogP contribution in [0.3, 0.4) is 0 Å². The van der Waals surface area contributed by atoms with E-state index in [1.807, 2.05) is 25.1 Å². The van der Waals surface area contributed by atoms with Gasteiger partial charge in [-0.3, -0.25) is 14.4 Å². The summed E-state index contributed by atoms with van der Waals surface area (Å²) in [5, 5.41) is 0.616. The van der Waals surface area contributed by atoms with Crippen LogP contribution in [0.2, 0.25) is 5.02 Å². The number of halogens is 1. The fraction of sp³-hybridized carbons (Fsp3) is 0.318. The monoisotopic (exact) mass is 414 g/mol. The number of ether oxygens (including phenoxy) is 1. The topological polar surface area (TPSA) is 66.9 Å². The van der Waals surface area contributed by atoms with E-state index in [9.17, 15) is 14.4 Å². The van der Waals surface area contributed by atoms with E-state index in [1.54, 1.807) is 30.3 Å². The highest BCUT2D eigenvalue weighted by Gasteiger charge is 2.43. The van der Waals surface area contributed by atoms with Crippen LogP contribution < -0.4 is 9.64 Å². The van der Waals surface area contributed by atoms with Crippen molar-refractivity contribution in [2.45, 2.75) is 32.7 Å². The molecule has 152 valence electrons. The SMILES string of the molecule is CCOc1ccc(N2C(=O)CC(N(CCc3cccc(Cl)c3)C(C)=O)C2=O)cc1. The third-order valence-electron chi connectivity index (χ3n) is 4.84. The number of amides is 3. The lowest BCUT2D eigenvalue weighted by atomic mass is 10.1. The molecule has 0 aliphatic carbocycles. The fourth-order valence-electron chi connectivity index (χ4n) is 3.46. The van der Waals surface area contributed by atoms with Crippen LogP contribution >= 0.6 is 11.6 Å². The molecule has 1 heterocycles. The normalized spacial score (nSPS) is 16.2. The minimum Gasteiger partial charge on any atom is -0.494 e. The molecule has 2 aromatic rings. The van der Waals surface area contributed by atoms with Crippen LogP contribution in [0.15, 0.2) is 48.5 Å². The maximum absolute atomic E-state index is 13.0. The third-order valence-corrected chi connectivity index (χ3v) is 5.07. The van der Waals surface area contributed by atoms with Crippen molar-refractivity contribution in [3.8, 4) is 5.75 Å². The summed E-state index contributed by atoms with van der Waals surface area (Å²) in [7, 11) is 0. The van der Waals surface area contributed by atoms with Crippen LogP contribution in [-0.2, 0) is 20.8 Å². The van der Waals surface area contributed by atoms with Crippen molar-refractivity contribution in [3.63, 3.8) is 0 Å². The number of nitrogens with zero attached hydrogens (tertiary/aromatic N) is 2. The number of carbonyl (C=O) groups is 3. The average molecular weight is 415 g/mol. The maximum Gasteiger partial charge on any atom is 0.257 e. The molecule has 29 heavy (non-hydrogen) atoms. The van der Waals surface area contributed by atoms with Crippen LogP contribution in [0.4, 0.5) is 5.69 Å². The number of imide groups is 1. The second kappa shape index (κ2) is 9.09. The van der Waals surface area contributed by atoms with Gasteiger partial charge in [0.2, 0.25) is 11.8 Å². The van der Waals surface area contributed by atoms with E-state index in [4.69, 9.17) is 16.3 Å². The lowest BCUT2D eigenvalue weighted by molar-refractivity contribution is -0.136. The van der Waals surface area contributed by atoms with E-state index in [2.05, 4.69) is 0 Å². The molecule has 0 saturated carbocycles. The van der Waals surface area contributed by atoms with E-state index >= 15 is 0 Å². The second-order valence-electron chi connectivity index (χ2n) is 6.81. The molecule has 3 rings (SSSR count). The van der Waals surface area contributed by atoms with Crippen molar-refractivity contribution in [3.05, 3.63) is 59.1 Å². The number of carbonyl (C=O) groups excluding carboxylic acids is 3. The minimum atomic E-state index is -0.800. The molecular formula is C22H23ClN2O4. The first kappa shape index (κ1) is 20.9. The third kappa shape index (κ3) is 4.77. The Kier molecular flexibility index (Phi) is 6.54. The number of rotatable bonds is 7. The molecule has 6 nitrogen and oxygen atoms in total. The van der Waals surface area contributed by atoms with Gasteiger partial charge in [0.15, 0.2) is 0 Å². The highest BCUT2D eigenvalue weighted by atomic mass is 35.5. The molecule has 3 amide bonds. The van der Waals surface area contributed by atoms with Gasteiger partial charge < -0.3 is 9.64 Å². The number of hydrogen-bond acceptors (Lipinski definition) is 4. The molecular weight excluding hydrogens is 392 g/mol. The summed E-state index contributed by atoms with van der Waals surface area (Å²) in [6.07, 6.45) is 0.516. The standard InChI is InChI=1S/C22H23ClN2O4/c1-3-29-19-9-7-18(8-10-19)25-21(27)14-20(22(25)28)24(15(2)26)12-11-16-5-4-6-17(23)13-16/h4-10,13,20H,3,11-12,14H2,1-2H3.